The molecule has 1 N–H and O–H groups in total. The van der Waals surface area contributed by atoms with Gasteiger partial charge in [-0.25, -0.2) is 0 Å². The molecule has 1 amide bonds. The molecule has 118 valence electrons. The second-order valence-corrected chi connectivity index (χ2v) is 6.00. The zero-order valence-electron chi connectivity index (χ0n) is 12.6. The van der Waals surface area contributed by atoms with E-state index in [0.29, 0.717) is 16.5 Å². The maximum Gasteiger partial charge on any atom is 0.314 e. The van der Waals surface area contributed by atoms with Gasteiger partial charge in [-0.3, -0.25) is 9.59 Å². The van der Waals surface area contributed by atoms with Crippen molar-refractivity contribution in [3.63, 3.8) is 0 Å². The summed E-state index contributed by atoms with van der Waals surface area (Å²) in [5, 5.41) is 3.35. The van der Waals surface area contributed by atoms with Crippen molar-refractivity contribution < 1.29 is 14.3 Å². The number of esters is 1. The third kappa shape index (κ3) is 3.71. The highest BCUT2D eigenvalue weighted by Crippen LogP contribution is 2.50. The van der Waals surface area contributed by atoms with Crippen molar-refractivity contribution in [1.82, 2.24) is 0 Å². The van der Waals surface area contributed by atoms with Crippen LogP contribution in [0.4, 0.5) is 5.69 Å². The number of anilines is 1. The molecule has 23 heavy (non-hydrogen) atoms. The summed E-state index contributed by atoms with van der Waals surface area (Å²) in [7, 11) is 0. The Morgan fingerprint density at radius 2 is 1.83 bits per heavy atom. The Kier molecular flexibility index (Phi) is 4.35. The molecule has 2 atom stereocenters. The molecule has 0 aromatic heterocycles. The summed E-state index contributed by atoms with van der Waals surface area (Å²) in [6.45, 7) is 1.44. The lowest BCUT2D eigenvalue weighted by Gasteiger charge is -2.06. The highest BCUT2D eigenvalue weighted by atomic mass is 35.5. The van der Waals surface area contributed by atoms with Gasteiger partial charge in [0.25, 0.3) is 0 Å². The first-order valence-electron chi connectivity index (χ1n) is 7.38. The van der Waals surface area contributed by atoms with E-state index in [1.807, 2.05) is 24.3 Å². The number of halogens is 1. The molecule has 4 nitrogen and oxygen atoms in total. The van der Waals surface area contributed by atoms with Crippen LogP contribution in [0.15, 0.2) is 48.5 Å². The van der Waals surface area contributed by atoms with Crippen LogP contribution in [0.2, 0.25) is 5.02 Å². The number of ether oxygens (including phenoxy) is 1. The number of carbonyl (C=O) groups excluding carboxylic acids is 2. The molecule has 0 spiro atoms. The molecule has 1 aliphatic carbocycles. The predicted molar refractivity (Wildman–Crippen MR) is 88.7 cm³/mol. The number of rotatable bonds is 4. The van der Waals surface area contributed by atoms with Gasteiger partial charge in [-0.15, -0.1) is 0 Å². The van der Waals surface area contributed by atoms with Gasteiger partial charge in [-0.05, 0) is 48.2 Å². The molecule has 5 heteroatoms. The lowest BCUT2D eigenvalue weighted by atomic mass is 10.1. The van der Waals surface area contributed by atoms with Crippen LogP contribution in [-0.2, 0) is 9.59 Å². The Labute approximate surface area is 139 Å². The normalized spacial score (nSPS) is 19.0. The lowest BCUT2D eigenvalue weighted by Crippen LogP contribution is -2.11. The highest BCUT2D eigenvalue weighted by Gasteiger charge is 2.46. The first-order valence-corrected chi connectivity index (χ1v) is 7.76. The van der Waals surface area contributed by atoms with Gasteiger partial charge < -0.3 is 10.1 Å². The number of nitrogens with one attached hydrogen (secondary N) is 1. The van der Waals surface area contributed by atoms with Crippen molar-refractivity contribution in [2.24, 2.45) is 5.92 Å². The van der Waals surface area contributed by atoms with Gasteiger partial charge in [0.1, 0.15) is 5.75 Å². The van der Waals surface area contributed by atoms with E-state index in [0.717, 1.165) is 12.0 Å². The smallest absolute Gasteiger partial charge is 0.314 e. The first kappa shape index (κ1) is 15.6. The summed E-state index contributed by atoms with van der Waals surface area (Å²) >= 11 is 6.16. The molecule has 3 rings (SSSR count). The number of carbonyl (C=O) groups is 2. The van der Waals surface area contributed by atoms with E-state index in [1.54, 1.807) is 24.3 Å². The maximum atomic E-state index is 12.2. The van der Waals surface area contributed by atoms with Crippen molar-refractivity contribution in [1.29, 1.82) is 0 Å². The van der Waals surface area contributed by atoms with Crippen LogP contribution < -0.4 is 10.1 Å². The zero-order valence-corrected chi connectivity index (χ0v) is 13.3. The fraction of sp³-hybridized carbons (Fsp3) is 0.222. The Morgan fingerprint density at radius 3 is 2.48 bits per heavy atom. The van der Waals surface area contributed by atoms with Crippen LogP contribution in [0.5, 0.6) is 5.75 Å². The van der Waals surface area contributed by atoms with E-state index in [1.165, 1.54) is 6.92 Å². The van der Waals surface area contributed by atoms with Crippen LogP contribution in [0, 0.1) is 5.92 Å². The van der Waals surface area contributed by atoms with Crippen LogP contribution >= 0.6 is 11.6 Å². The van der Waals surface area contributed by atoms with Crippen LogP contribution in [-0.4, -0.2) is 11.9 Å². The van der Waals surface area contributed by atoms with Gasteiger partial charge in [0.15, 0.2) is 0 Å². The Hall–Kier alpha value is -2.33. The molecule has 1 aliphatic rings. The van der Waals surface area contributed by atoms with Crippen molar-refractivity contribution in [2.75, 3.05) is 5.32 Å². The molecule has 0 heterocycles. The molecule has 0 saturated heterocycles. The van der Waals surface area contributed by atoms with Crippen LogP contribution in [0.1, 0.15) is 24.8 Å². The topological polar surface area (TPSA) is 55.4 Å². The van der Waals surface area contributed by atoms with Crippen molar-refractivity contribution in [3.05, 3.63) is 59.1 Å². The molecule has 2 aromatic rings. The summed E-state index contributed by atoms with van der Waals surface area (Å²) in [5.41, 5.74) is 1.66. The summed E-state index contributed by atoms with van der Waals surface area (Å²) in [4.78, 5) is 23.2. The number of amides is 1. The predicted octanol–water partition coefficient (Wildman–Crippen LogP) is 4.01. The number of hydrogen-bond donors (Lipinski definition) is 1. The minimum Gasteiger partial charge on any atom is -0.426 e. The minimum absolute atomic E-state index is 0.134. The van der Waals surface area contributed by atoms with Crippen LogP contribution in [0.3, 0.4) is 0 Å². The zero-order chi connectivity index (χ0) is 16.4. The second-order valence-electron chi connectivity index (χ2n) is 5.60. The third-order valence-corrected chi connectivity index (χ3v) is 4.14. The van der Waals surface area contributed by atoms with Gasteiger partial charge in [-0.2, -0.15) is 0 Å². The van der Waals surface area contributed by atoms with E-state index in [-0.39, 0.29) is 23.7 Å². The van der Waals surface area contributed by atoms with E-state index in [4.69, 9.17) is 16.3 Å². The Bertz CT molecular complexity index is 742. The molecule has 0 bridgehead atoms. The van der Waals surface area contributed by atoms with Crippen molar-refractivity contribution >= 4 is 29.2 Å². The molecule has 1 fully saturated rings. The minimum atomic E-state index is -0.248. The molecule has 0 radical (unpaired) electrons. The summed E-state index contributed by atoms with van der Waals surface area (Å²) in [6, 6.07) is 14.3. The SMILES string of the molecule is CC(=O)Nc1ccc(OC(=O)C2CC2c2ccccc2Cl)cc1. The van der Waals surface area contributed by atoms with Gasteiger partial charge >= 0.3 is 5.97 Å². The van der Waals surface area contributed by atoms with Gasteiger partial charge in [0.05, 0.1) is 5.92 Å². The second kappa shape index (κ2) is 6.42. The number of hydrogen-bond acceptors (Lipinski definition) is 3. The largest absolute Gasteiger partial charge is 0.426 e. The Morgan fingerprint density at radius 1 is 1.13 bits per heavy atom. The molecule has 2 aromatic carbocycles. The molecule has 0 aliphatic heterocycles. The number of benzene rings is 2. The maximum absolute atomic E-state index is 12.2. The van der Waals surface area contributed by atoms with Gasteiger partial charge in [-0.1, -0.05) is 29.8 Å². The third-order valence-electron chi connectivity index (χ3n) is 3.79. The average molecular weight is 330 g/mol. The van der Waals surface area contributed by atoms with E-state index in [9.17, 15) is 9.59 Å². The molecule has 2 unspecified atom stereocenters. The fourth-order valence-corrected chi connectivity index (χ4v) is 2.85. The van der Waals surface area contributed by atoms with Crippen molar-refractivity contribution in [3.8, 4) is 5.75 Å². The average Bonchev–Trinajstić information content (AvgIpc) is 3.30. The van der Waals surface area contributed by atoms with Gasteiger partial charge in [0.2, 0.25) is 5.91 Å². The highest BCUT2D eigenvalue weighted by molar-refractivity contribution is 6.31. The van der Waals surface area contributed by atoms with E-state index < -0.39 is 0 Å². The van der Waals surface area contributed by atoms with Gasteiger partial charge in [0, 0.05) is 17.6 Å². The summed E-state index contributed by atoms with van der Waals surface area (Å²) in [5.74, 6) is 0.0613. The first-order chi connectivity index (χ1) is 11.0. The van der Waals surface area contributed by atoms with Crippen LogP contribution in [0.25, 0.3) is 0 Å². The fourth-order valence-electron chi connectivity index (χ4n) is 2.58. The summed E-state index contributed by atoms with van der Waals surface area (Å²) < 4.78 is 5.40. The Balaban J connectivity index is 1.60. The lowest BCUT2D eigenvalue weighted by molar-refractivity contribution is -0.135. The summed E-state index contributed by atoms with van der Waals surface area (Å²) in [6.07, 6.45) is 0.756. The van der Waals surface area contributed by atoms with E-state index in [2.05, 4.69) is 5.32 Å². The molecule has 1 saturated carbocycles. The van der Waals surface area contributed by atoms with Crippen molar-refractivity contribution in [2.45, 2.75) is 19.3 Å². The quantitative estimate of drug-likeness (QED) is 0.681. The standard InChI is InChI=1S/C18H16ClNO3/c1-11(21)20-12-6-8-13(9-7-12)23-18(22)16-10-15(16)14-4-2-3-5-17(14)19/h2-9,15-16H,10H2,1H3,(H,20,21). The molecular weight excluding hydrogens is 314 g/mol. The molecular formula is C18H16ClNO3. The monoisotopic (exact) mass is 329 g/mol. The van der Waals surface area contributed by atoms with E-state index >= 15 is 0 Å².